The number of rotatable bonds is 4. The van der Waals surface area contributed by atoms with Crippen LogP contribution in [0.4, 0.5) is 37.7 Å². The first-order chi connectivity index (χ1) is 19.6. The minimum atomic E-state index is -5.71. The van der Waals surface area contributed by atoms with Gasteiger partial charge >= 0.3 is 12.4 Å². The molecule has 0 N–H and O–H groups in total. The predicted molar refractivity (Wildman–Crippen MR) is 142 cm³/mol. The van der Waals surface area contributed by atoms with E-state index in [1.807, 2.05) is 12.1 Å². The molecule has 0 fully saturated rings. The minimum absolute atomic E-state index is 0.0864. The number of nitrogens with zero attached hydrogens (tertiary/aromatic N) is 2. The van der Waals surface area contributed by atoms with Gasteiger partial charge in [0.1, 0.15) is 11.5 Å². The van der Waals surface area contributed by atoms with E-state index in [0.29, 0.717) is 0 Å². The van der Waals surface area contributed by atoms with Gasteiger partial charge in [-0.15, -0.1) is 0 Å². The first-order valence-corrected chi connectivity index (χ1v) is 12.8. The van der Waals surface area contributed by atoms with Crippen LogP contribution in [0.15, 0.2) is 97.1 Å². The van der Waals surface area contributed by atoms with E-state index in [1.54, 1.807) is 58.3 Å². The second kappa shape index (κ2) is 9.94. The van der Waals surface area contributed by atoms with Gasteiger partial charge in [0.05, 0.1) is 0 Å². The summed E-state index contributed by atoms with van der Waals surface area (Å²) in [7, 11) is 0. The molecule has 0 atom stereocenters. The number of hydrogen-bond acceptors (Lipinski definition) is 4. The van der Waals surface area contributed by atoms with Crippen LogP contribution in [0.5, 0.6) is 11.5 Å². The molecular weight excluding hydrogens is 546 g/mol. The zero-order chi connectivity index (χ0) is 28.8. The Kier molecular flexibility index (Phi) is 6.51. The second-order valence-electron chi connectivity index (χ2n) is 10.0. The monoisotopic (exact) mass is 570 g/mol. The fourth-order valence-corrected chi connectivity index (χ4v) is 5.54. The third-order valence-corrected chi connectivity index (χ3v) is 7.55. The summed E-state index contributed by atoms with van der Waals surface area (Å²) in [6, 6.07) is 24.0. The molecule has 0 unspecified atom stereocenters. The fourth-order valence-electron chi connectivity index (χ4n) is 5.54. The number of para-hydroxylation sites is 2. The van der Waals surface area contributed by atoms with Crippen LogP contribution in [0.25, 0.3) is 0 Å². The Hall–Kier alpha value is -4.34. The maximum Gasteiger partial charge on any atom is 0.411 e. The Balaban J connectivity index is 1.45. The summed E-state index contributed by atoms with van der Waals surface area (Å²) >= 11 is 0. The van der Waals surface area contributed by atoms with Crippen LogP contribution in [0.3, 0.4) is 0 Å². The van der Waals surface area contributed by atoms with E-state index in [-0.39, 0.29) is 49.2 Å². The summed E-state index contributed by atoms with van der Waals surface area (Å²) in [5.74, 6) is 0.494. The van der Waals surface area contributed by atoms with Gasteiger partial charge < -0.3 is 19.3 Å². The molecule has 41 heavy (non-hydrogen) atoms. The summed E-state index contributed by atoms with van der Waals surface area (Å²) in [5.41, 5.74) is -4.20. The second-order valence-corrected chi connectivity index (χ2v) is 10.0. The number of fused-ring (bicyclic) bond motifs is 2. The molecule has 0 saturated carbocycles. The van der Waals surface area contributed by atoms with E-state index < -0.39 is 28.9 Å². The lowest BCUT2D eigenvalue weighted by Gasteiger charge is -2.40. The molecule has 2 aliphatic rings. The largest absolute Gasteiger partial charge is 0.473 e. The van der Waals surface area contributed by atoms with Gasteiger partial charge in [0.15, 0.2) is 13.5 Å². The molecular formula is C31H24F6N2O2. The summed E-state index contributed by atoms with van der Waals surface area (Å²) in [4.78, 5) is 3.48. The third kappa shape index (κ3) is 4.61. The van der Waals surface area contributed by atoms with Crippen molar-refractivity contribution >= 4 is 11.4 Å². The molecule has 4 aromatic rings. The van der Waals surface area contributed by atoms with Crippen molar-refractivity contribution in [2.45, 2.75) is 30.9 Å². The number of benzene rings is 4. The van der Waals surface area contributed by atoms with Gasteiger partial charge in [-0.2, -0.15) is 26.3 Å². The molecule has 0 spiro atoms. The van der Waals surface area contributed by atoms with Crippen molar-refractivity contribution in [3.8, 4) is 11.5 Å². The van der Waals surface area contributed by atoms with Crippen molar-refractivity contribution in [1.29, 1.82) is 0 Å². The first-order valence-electron chi connectivity index (χ1n) is 12.8. The molecule has 6 rings (SSSR count). The van der Waals surface area contributed by atoms with E-state index >= 15 is 0 Å². The fraction of sp³-hybridized carbons (Fsp3) is 0.226. The normalized spacial score (nSPS) is 15.5. The third-order valence-electron chi connectivity index (χ3n) is 7.55. The molecule has 10 heteroatoms. The maximum atomic E-state index is 15.0. The molecule has 0 amide bonds. The Morgan fingerprint density at radius 1 is 0.512 bits per heavy atom. The van der Waals surface area contributed by atoms with Crippen LogP contribution in [-0.2, 0) is 18.5 Å². The topological polar surface area (TPSA) is 24.9 Å². The summed E-state index contributed by atoms with van der Waals surface area (Å²) in [6.07, 6.45) is -11.4. The molecule has 2 aliphatic heterocycles. The van der Waals surface area contributed by atoms with Gasteiger partial charge in [-0.3, -0.25) is 0 Å². The summed E-state index contributed by atoms with van der Waals surface area (Å²) in [6.45, 7) is 0.400. The average Bonchev–Trinajstić information content (AvgIpc) is 2.96. The van der Waals surface area contributed by atoms with E-state index in [4.69, 9.17) is 9.47 Å². The number of hydrogen-bond donors (Lipinski definition) is 0. The molecule has 2 heterocycles. The zero-order valence-corrected chi connectivity index (χ0v) is 21.5. The SMILES string of the molecule is FC(F)(F)C(c1ccc2c(c1)CN(c1ccccc1)CO2)(c1ccc2c(c1)CN(c1ccccc1)CO2)C(F)(F)F. The van der Waals surface area contributed by atoms with Crippen molar-refractivity contribution in [2.24, 2.45) is 0 Å². The van der Waals surface area contributed by atoms with Gasteiger partial charge in [0.25, 0.3) is 0 Å². The van der Waals surface area contributed by atoms with Crippen LogP contribution in [0.1, 0.15) is 22.3 Å². The molecule has 4 nitrogen and oxygen atoms in total. The highest BCUT2D eigenvalue weighted by Crippen LogP contribution is 2.57. The van der Waals surface area contributed by atoms with Crippen molar-refractivity contribution in [2.75, 3.05) is 23.3 Å². The lowest BCUT2D eigenvalue weighted by Crippen LogP contribution is -2.55. The highest BCUT2D eigenvalue weighted by Gasteiger charge is 2.72. The minimum Gasteiger partial charge on any atom is -0.473 e. The van der Waals surface area contributed by atoms with Gasteiger partial charge in [-0.1, -0.05) is 48.5 Å². The van der Waals surface area contributed by atoms with Crippen LogP contribution in [0.2, 0.25) is 0 Å². The van der Waals surface area contributed by atoms with Gasteiger partial charge in [-0.25, -0.2) is 0 Å². The van der Waals surface area contributed by atoms with Gasteiger partial charge in [-0.05, 0) is 59.7 Å². The molecule has 0 radical (unpaired) electrons. The first kappa shape index (κ1) is 26.9. The Bertz CT molecular complexity index is 1420. The number of anilines is 2. The number of halogens is 6. The highest BCUT2D eigenvalue weighted by molar-refractivity contribution is 5.56. The van der Waals surface area contributed by atoms with E-state index in [0.717, 1.165) is 35.6 Å². The van der Waals surface area contributed by atoms with Crippen molar-refractivity contribution in [3.63, 3.8) is 0 Å². The molecule has 0 aromatic heterocycles. The standard InChI is InChI=1S/C31H24F6N2O2/c32-30(33,34)29(31(35,36)37,23-11-13-27-21(15-23)17-38(19-40-27)25-7-3-1-4-8-25)24-12-14-28-22(16-24)18-39(20-41-28)26-9-5-2-6-10-26/h1-16H,17-20H2. The average molecular weight is 571 g/mol. The molecule has 0 aliphatic carbocycles. The van der Waals surface area contributed by atoms with E-state index in [2.05, 4.69) is 0 Å². The van der Waals surface area contributed by atoms with E-state index in [1.165, 1.54) is 12.1 Å². The van der Waals surface area contributed by atoms with Gasteiger partial charge in [0, 0.05) is 35.6 Å². The quantitative estimate of drug-likeness (QED) is 0.234. The van der Waals surface area contributed by atoms with Crippen molar-refractivity contribution in [3.05, 3.63) is 119 Å². The smallest absolute Gasteiger partial charge is 0.411 e. The van der Waals surface area contributed by atoms with Gasteiger partial charge in [0.2, 0.25) is 5.41 Å². The van der Waals surface area contributed by atoms with Crippen LogP contribution < -0.4 is 19.3 Å². The van der Waals surface area contributed by atoms with E-state index in [9.17, 15) is 26.3 Å². The summed E-state index contributed by atoms with van der Waals surface area (Å²) < 4.78 is 101. The van der Waals surface area contributed by atoms with Crippen LogP contribution >= 0.6 is 0 Å². The molecule has 4 aromatic carbocycles. The lowest BCUT2D eigenvalue weighted by atomic mass is 9.72. The Morgan fingerprint density at radius 3 is 1.27 bits per heavy atom. The molecule has 0 bridgehead atoms. The number of alkyl halides is 6. The molecule has 0 saturated heterocycles. The molecule has 212 valence electrons. The highest BCUT2D eigenvalue weighted by atomic mass is 19.4. The maximum absolute atomic E-state index is 15.0. The number of ether oxygens (including phenoxy) is 2. The lowest BCUT2D eigenvalue weighted by molar-refractivity contribution is -0.288. The van der Waals surface area contributed by atoms with Crippen LogP contribution in [-0.4, -0.2) is 25.8 Å². The summed E-state index contributed by atoms with van der Waals surface area (Å²) in [5, 5.41) is 0. The Morgan fingerprint density at radius 2 is 0.902 bits per heavy atom. The van der Waals surface area contributed by atoms with Crippen LogP contribution in [0, 0.1) is 0 Å². The van der Waals surface area contributed by atoms with Crippen molar-refractivity contribution < 1.29 is 35.8 Å². The van der Waals surface area contributed by atoms with Crippen molar-refractivity contribution in [1.82, 2.24) is 0 Å². The Labute approximate surface area is 232 Å². The zero-order valence-electron chi connectivity index (χ0n) is 21.5. The predicted octanol–water partition coefficient (Wildman–Crippen LogP) is 7.81.